The maximum absolute atomic E-state index is 5.82. The van der Waals surface area contributed by atoms with Crippen molar-refractivity contribution in [2.75, 3.05) is 6.54 Å². The Kier molecular flexibility index (Phi) is 5.04. The lowest BCUT2D eigenvalue weighted by Crippen LogP contribution is -2.11. The average Bonchev–Trinajstić information content (AvgIpc) is 2.84. The molecular weight excluding hydrogens is 270 g/mol. The molecule has 0 aliphatic heterocycles. The molecule has 0 atom stereocenters. The molecule has 1 N–H and O–H groups in total. The van der Waals surface area contributed by atoms with Crippen molar-refractivity contribution in [2.24, 2.45) is 0 Å². The van der Waals surface area contributed by atoms with E-state index in [1.165, 1.54) is 0 Å². The number of nitrogens with one attached hydrogen (secondary N) is 1. The van der Waals surface area contributed by atoms with Crippen molar-refractivity contribution in [3.63, 3.8) is 0 Å². The minimum absolute atomic E-state index is 0.620. The molecule has 96 valence electrons. The zero-order valence-electron chi connectivity index (χ0n) is 10.0. The first-order valence-corrected chi connectivity index (χ1v) is 7.05. The number of halogens is 1. The molecule has 0 radical (unpaired) electrons. The topological polar surface area (TPSA) is 51.0 Å². The van der Waals surface area contributed by atoms with Crippen molar-refractivity contribution in [1.29, 1.82) is 0 Å². The lowest BCUT2D eigenvalue weighted by molar-refractivity contribution is 0.365. The molecule has 0 spiro atoms. The first-order valence-electron chi connectivity index (χ1n) is 5.68. The van der Waals surface area contributed by atoms with Crippen molar-refractivity contribution in [3.05, 3.63) is 41.0 Å². The van der Waals surface area contributed by atoms with Gasteiger partial charge in [-0.1, -0.05) is 23.7 Å². The molecule has 1 heterocycles. The van der Waals surface area contributed by atoms with Crippen molar-refractivity contribution in [2.45, 2.75) is 24.1 Å². The van der Waals surface area contributed by atoms with Gasteiger partial charge < -0.3 is 9.84 Å². The van der Waals surface area contributed by atoms with E-state index in [4.69, 9.17) is 16.1 Å². The molecule has 2 rings (SSSR count). The molecule has 4 nitrogen and oxygen atoms in total. The van der Waals surface area contributed by atoms with Gasteiger partial charge in [-0.15, -0.1) is 11.8 Å². The fraction of sp³-hybridized carbons (Fsp3) is 0.333. The Morgan fingerprint density at radius 2 is 2.11 bits per heavy atom. The summed E-state index contributed by atoms with van der Waals surface area (Å²) < 4.78 is 5.12. The maximum atomic E-state index is 5.82. The van der Waals surface area contributed by atoms with Crippen LogP contribution in [-0.2, 0) is 12.3 Å². The van der Waals surface area contributed by atoms with Gasteiger partial charge in [0.1, 0.15) is 0 Å². The monoisotopic (exact) mass is 283 g/mol. The second-order valence-corrected chi connectivity index (χ2v) is 5.11. The van der Waals surface area contributed by atoms with Gasteiger partial charge in [0, 0.05) is 9.92 Å². The second-order valence-electron chi connectivity index (χ2n) is 3.63. The number of thioether (sulfide) groups is 1. The highest BCUT2D eigenvalue weighted by Gasteiger charge is 2.06. The number of benzene rings is 1. The van der Waals surface area contributed by atoms with E-state index in [0.29, 0.717) is 24.0 Å². The lowest BCUT2D eigenvalue weighted by atomic mass is 10.4. The van der Waals surface area contributed by atoms with Gasteiger partial charge in [-0.05, 0) is 30.8 Å². The number of hydrogen-bond acceptors (Lipinski definition) is 5. The molecule has 0 fully saturated rings. The quantitative estimate of drug-likeness (QED) is 0.826. The summed E-state index contributed by atoms with van der Waals surface area (Å²) in [6, 6.07) is 7.70. The van der Waals surface area contributed by atoms with E-state index in [-0.39, 0.29) is 0 Å². The Hall–Kier alpha value is -1.04. The summed E-state index contributed by atoms with van der Waals surface area (Å²) in [6.45, 7) is 3.54. The Bertz CT molecular complexity index is 486. The summed E-state index contributed by atoms with van der Waals surface area (Å²) >= 11 is 7.48. The molecule has 1 aromatic heterocycles. The van der Waals surface area contributed by atoms with E-state index in [9.17, 15) is 0 Å². The fourth-order valence-corrected chi connectivity index (χ4v) is 2.20. The van der Waals surface area contributed by atoms with E-state index < -0.39 is 0 Å². The summed E-state index contributed by atoms with van der Waals surface area (Å²) in [5.74, 6) is 2.03. The Morgan fingerprint density at radius 1 is 1.33 bits per heavy atom. The van der Waals surface area contributed by atoms with Crippen molar-refractivity contribution >= 4 is 23.4 Å². The van der Waals surface area contributed by atoms with Crippen LogP contribution in [0.2, 0.25) is 5.02 Å². The van der Waals surface area contributed by atoms with Crippen molar-refractivity contribution in [1.82, 2.24) is 15.5 Å². The van der Waals surface area contributed by atoms with E-state index in [0.717, 1.165) is 16.5 Å². The van der Waals surface area contributed by atoms with Crippen LogP contribution in [0.25, 0.3) is 0 Å². The van der Waals surface area contributed by atoms with Gasteiger partial charge in [-0.25, -0.2) is 0 Å². The molecule has 0 aliphatic rings. The van der Waals surface area contributed by atoms with E-state index in [1.54, 1.807) is 11.8 Å². The zero-order chi connectivity index (χ0) is 12.8. The van der Waals surface area contributed by atoms with Gasteiger partial charge in [-0.3, -0.25) is 0 Å². The third-order valence-electron chi connectivity index (χ3n) is 2.22. The third kappa shape index (κ3) is 4.01. The Morgan fingerprint density at radius 3 is 2.83 bits per heavy atom. The molecular formula is C12H14ClN3OS. The largest absolute Gasteiger partial charge is 0.338 e. The van der Waals surface area contributed by atoms with Crippen molar-refractivity contribution < 1.29 is 4.52 Å². The van der Waals surface area contributed by atoms with Crippen LogP contribution in [0.1, 0.15) is 18.6 Å². The smallest absolute Gasteiger partial charge is 0.240 e. The lowest BCUT2D eigenvalue weighted by Gasteiger charge is -1.97. The predicted molar refractivity (Wildman–Crippen MR) is 72.7 cm³/mol. The maximum Gasteiger partial charge on any atom is 0.240 e. The minimum atomic E-state index is 0.620. The molecule has 0 unspecified atom stereocenters. The SMILES string of the molecule is CCNCc1nc(CSc2ccc(Cl)cc2)no1. The van der Waals surface area contributed by atoms with Gasteiger partial charge in [0.2, 0.25) is 5.89 Å². The molecule has 6 heteroatoms. The second kappa shape index (κ2) is 6.78. The summed E-state index contributed by atoms with van der Waals surface area (Å²) in [5.41, 5.74) is 0. The average molecular weight is 284 g/mol. The predicted octanol–water partition coefficient (Wildman–Crippen LogP) is 3.12. The highest BCUT2D eigenvalue weighted by atomic mass is 35.5. The first-order chi connectivity index (χ1) is 8.78. The van der Waals surface area contributed by atoms with Gasteiger partial charge in [0.05, 0.1) is 12.3 Å². The van der Waals surface area contributed by atoms with Crippen molar-refractivity contribution in [3.8, 4) is 0 Å². The van der Waals surface area contributed by atoms with E-state index >= 15 is 0 Å². The number of nitrogens with zero attached hydrogens (tertiary/aromatic N) is 2. The van der Waals surface area contributed by atoms with Gasteiger partial charge in [-0.2, -0.15) is 4.98 Å². The number of aromatic nitrogens is 2. The normalized spacial score (nSPS) is 10.8. The summed E-state index contributed by atoms with van der Waals surface area (Å²) in [7, 11) is 0. The molecule has 0 bridgehead atoms. The van der Waals surface area contributed by atoms with Crippen LogP contribution >= 0.6 is 23.4 Å². The molecule has 0 saturated carbocycles. The van der Waals surface area contributed by atoms with Crippen LogP contribution in [0.5, 0.6) is 0 Å². The number of hydrogen-bond donors (Lipinski definition) is 1. The molecule has 0 aliphatic carbocycles. The highest BCUT2D eigenvalue weighted by Crippen LogP contribution is 2.23. The van der Waals surface area contributed by atoms with Gasteiger partial charge in [0.25, 0.3) is 0 Å². The van der Waals surface area contributed by atoms with E-state index in [1.807, 2.05) is 31.2 Å². The third-order valence-corrected chi connectivity index (χ3v) is 3.48. The molecule has 1 aromatic carbocycles. The van der Waals surface area contributed by atoms with Gasteiger partial charge >= 0.3 is 0 Å². The fourth-order valence-electron chi connectivity index (χ4n) is 1.33. The van der Waals surface area contributed by atoms with Crippen LogP contribution in [0, 0.1) is 0 Å². The molecule has 0 saturated heterocycles. The van der Waals surface area contributed by atoms with Crippen LogP contribution < -0.4 is 5.32 Å². The van der Waals surface area contributed by atoms with Gasteiger partial charge in [0.15, 0.2) is 5.82 Å². The van der Waals surface area contributed by atoms with Crippen LogP contribution in [0.4, 0.5) is 0 Å². The molecule has 0 amide bonds. The number of rotatable bonds is 6. The first kappa shape index (κ1) is 13.4. The summed E-state index contributed by atoms with van der Waals surface area (Å²) in [4.78, 5) is 5.43. The summed E-state index contributed by atoms with van der Waals surface area (Å²) in [6.07, 6.45) is 0. The van der Waals surface area contributed by atoms with Crippen LogP contribution in [0.15, 0.2) is 33.7 Å². The summed E-state index contributed by atoms with van der Waals surface area (Å²) in [5, 5.41) is 7.81. The minimum Gasteiger partial charge on any atom is -0.338 e. The molecule has 2 aromatic rings. The van der Waals surface area contributed by atoms with Crippen LogP contribution in [0.3, 0.4) is 0 Å². The van der Waals surface area contributed by atoms with E-state index in [2.05, 4.69) is 15.5 Å². The highest BCUT2D eigenvalue weighted by molar-refractivity contribution is 7.98. The Balaban J connectivity index is 1.86. The van der Waals surface area contributed by atoms with Crippen LogP contribution in [-0.4, -0.2) is 16.7 Å². The standard InChI is InChI=1S/C12H14ClN3OS/c1-2-14-7-12-15-11(16-17-12)8-18-10-5-3-9(13)4-6-10/h3-6,14H,2,7-8H2,1H3. The molecule has 18 heavy (non-hydrogen) atoms. The zero-order valence-corrected chi connectivity index (χ0v) is 11.6. The Labute approximate surface area is 115 Å².